The highest BCUT2D eigenvalue weighted by molar-refractivity contribution is 5.68. The zero-order chi connectivity index (χ0) is 14.8. The van der Waals surface area contributed by atoms with E-state index in [4.69, 9.17) is 10.8 Å². The van der Waals surface area contributed by atoms with E-state index < -0.39 is 17.4 Å². The topological polar surface area (TPSA) is 86.8 Å². The van der Waals surface area contributed by atoms with Crippen LogP contribution in [0.5, 0.6) is 0 Å². The Morgan fingerprint density at radius 1 is 1.40 bits per heavy atom. The van der Waals surface area contributed by atoms with E-state index >= 15 is 0 Å². The van der Waals surface area contributed by atoms with E-state index in [0.717, 1.165) is 0 Å². The van der Waals surface area contributed by atoms with Gasteiger partial charge in [-0.1, -0.05) is 0 Å². The van der Waals surface area contributed by atoms with Crippen molar-refractivity contribution >= 4 is 17.3 Å². The number of anilines is 2. The van der Waals surface area contributed by atoms with Crippen molar-refractivity contribution < 1.29 is 19.4 Å². The van der Waals surface area contributed by atoms with Crippen LogP contribution in [0.15, 0.2) is 18.2 Å². The maximum absolute atomic E-state index is 13.9. The number of rotatable bonds is 3. The van der Waals surface area contributed by atoms with Gasteiger partial charge in [-0.05, 0) is 37.5 Å². The Hall–Kier alpha value is -1.82. The van der Waals surface area contributed by atoms with Gasteiger partial charge in [-0.25, -0.2) is 4.39 Å². The molecule has 1 heterocycles. The number of carbonyl (C=O) groups is 1. The molecule has 0 bridgehead atoms. The Bertz CT molecular complexity index is 509. The van der Waals surface area contributed by atoms with Gasteiger partial charge in [0.1, 0.15) is 5.82 Å². The standard InChI is InChI=1S/C14H19FN2O3/c15-11-8-10(16)2-3-12(11)17-6-1-4-14(20,5-7-17)9-13(18)19/h2-3,8,20H,1,4-7,9,16H2,(H,18,19). The normalized spacial score (nSPS) is 23.4. The minimum atomic E-state index is -1.20. The lowest BCUT2D eigenvalue weighted by molar-refractivity contribution is -0.142. The highest BCUT2D eigenvalue weighted by Crippen LogP contribution is 2.30. The zero-order valence-electron chi connectivity index (χ0n) is 11.2. The zero-order valence-corrected chi connectivity index (χ0v) is 11.2. The molecule has 1 aliphatic heterocycles. The largest absolute Gasteiger partial charge is 0.481 e. The maximum atomic E-state index is 13.9. The fourth-order valence-electron chi connectivity index (χ4n) is 2.66. The molecule has 0 radical (unpaired) electrons. The Labute approximate surface area is 116 Å². The third kappa shape index (κ3) is 3.39. The average molecular weight is 282 g/mol. The fraction of sp³-hybridized carbons (Fsp3) is 0.500. The summed E-state index contributed by atoms with van der Waals surface area (Å²) >= 11 is 0. The summed E-state index contributed by atoms with van der Waals surface area (Å²) < 4.78 is 13.9. The molecule has 1 fully saturated rings. The first-order valence-electron chi connectivity index (χ1n) is 6.64. The molecule has 110 valence electrons. The molecule has 4 N–H and O–H groups in total. The number of aliphatic hydroxyl groups is 1. The van der Waals surface area contributed by atoms with Crippen molar-refractivity contribution in [1.82, 2.24) is 0 Å². The van der Waals surface area contributed by atoms with Crippen molar-refractivity contribution in [3.05, 3.63) is 24.0 Å². The van der Waals surface area contributed by atoms with Gasteiger partial charge in [0.25, 0.3) is 0 Å². The van der Waals surface area contributed by atoms with Crippen LogP contribution in [0.1, 0.15) is 25.7 Å². The number of nitrogen functional groups attached to an aromatic ring is 1. The second kappa shape index (κ2) is 5.66. The minimum absolute atomic E-state index is 0.273. The van der Waals surface area contributed by atoms with E-state index in [-0.39, 0.29) is 6.42 Å². The van der Waals surface area contributed by atoms with Crippen molar-refractivity contribution in [2.24, 2.45) is 0 Å². The van der Waals surface area contributed by atoms with Crippen LogP contribution in [0.2, 0.25) is 0 Å². The summed E-state index contributed by atoms with van der Waals surface area (Å²) in [5, 5.41) is 19.1. The summed E-state index contributed by atoms with van der Waals surface area (Å²) in [4.78, 5) is 12.6. The van der Waals surface area contributed by atoms with Crippen LogP contribution in [-0.2, 0) is 4.79 Å². The quantitative estimate of drug-likeness (QED) is 0.733. The molecule has 0 saturated carbocycles. The smallest absolute Gasteiger partial charge is 0.306 e. The molecule has 0 amide bonds. The van der Waals surface area contributed by atoms with Crippen LogP contribution < -0.4 is 10.6 Å². The fourth-order valence-corrected chi connectivity index (χ4v) is 2.66. The number of carboxylic acid groups (broad SMARTS) is 1. The molecule has 2 rings (SSSR count). The Balaban J connectivity index is 2.11. The van der Waals surface area contributed by atoms with E-state index in [9.17, 15) is 14.3 Å². The molecule has 1 unspecified atom stereocenters. The number of aliphatic carboxylic acids is 1. The first-order chi connectivity index (χ1) is 9.39. The van der Waals surface area contributed by atoms with Crippen molar-refractivity contribution in [2.75, 3.05) is 23.7 Å². The van der Waals surface area contributed by atoms with Gasteiger partial charge in [0.2, 0.25) is 0 Å². The monoisotopic (exact) mass is 282 g/mol. The van der Waals surface area contributed by atoms with Crippen LogP contribution in [0, 0.1) is 5.82 Å². The predicted molar refractivity (Wildman–Crippen MR) is 74.1 cm³/mol. The second-order valence-corrected chi connectivity index (χ2v) is 5.35. The number of nitrogens with zero attached hydrogens (tertiary/aromatic N) is 1. The summed E-state index contributed by atoms with van der Waals surface area (Å²) in [7, 11) is 0. The van der Waals surface area contributed by atoms with E-state index in [2.05, 4.69) is 0 Å². The van der Waals surface area contributed by atoms with Gasteiger partial charge in [0.05, 0.1) is 17.7 Å². The molecule has 5 nitrogen and oxygen atoms in total. The van der Waals surface area contributed by atoms with Crippen molar-refractivity contribution in [1.29, 1.82) is 0 Å². The van der Waals surface area contributed by atoms with E-state index in [1.807, 2.05) is 4.90 Å². The minimum Gasteiger partial charge on any atom is -0.481 e. The Morgan fingerprint density at radius 3 is 2.80 bits per heavy atom. The molecule has 1 atom stereocenters. The molecule has 0 aromatic heterocycles. The summed E-state index contributed by atoms with van der Waals surface area (Å²) in [6.07, 6.45) is 1.06. The van der Waals surface area contributed by atoms with Crippen molar-refractivity contribution in [3.8, 4) is 0 Å². The van der Waals surface area contributed by atoms with Gasteiger partial charge in [0.15, 0.2) is 0 Å². The highest BCUT2D eigenvalue weighted by Gasteiger charge is 2.32. The molecular formula is C14H19FN2O3. The number of nitrogens with two attached hydrogens (primary N) is 1. The van der Waals surface area contributed by atoms with E-state index in [0.29, 0.717) is 43.7 Å². The first kappa shape index (κ1) is 14.6. The maximum Gasteiger partial charge on any atom is 0.306 e. The van der Waals surface area contributed by atoms with E-state index in [1.54, 1.807) is 12.1 Å². The van der Waals surface area contributed by atoms with Crippen molar-refractivity contribution in [2.45, 2.75) is 31.3 Å². The third-order valence-electron chi connectivity index (χ3n) is 3.71. The van der Waals surface area contributed by atoms with Crippen LogP contribution in [0.4, 0.5) is 15.8 Å². The molecular weight excluding hydrogens is 263 g/mol. The third-order valence-corrected chi connectivity index (χ3v) is 3.71. The lowest BCUT2D eigenvalue weighted by atomic mass is 9.91. The van der Waals surface area contributed by atoms with Crippen LogP contribution in [-0.4, -0.2) is 34.9 Å². The predicted octanol–water partition coefficient (Wildman–Crippen LogP) is 1.60. The van der Waals surface area contributed by atoms with Crippen LogP contribution >= 0.6 is 0 Å². The summed E-state index contributed by atoms with van der Waals surface area (Å²) in [6, 6.07) is 4.52. The van der Waals surface area contributed by atoms with E-state index in [1.165, 1.54) is 6.07 Å². The van der Waals surface area contributed by atoms with Gasteiger partial charge < -0.3 is 20.8 Å². The Morgan fingerprint density at radius 2 is 2.15 bits per heavy atom. The molecule has 1 aromatic rings. The second-order valence-electron chi connectivity index (χ2n) is 5.35. The molecule has 1 aromatic carbocycles. The molecule has 20 heavy (non-hydrogen) atoms. The SMILES string of the molecule is Nc1ccc(N2CCCC(O)(CC(=O)O)CC2)c(F)c1. The lowest BCUT2D eigenvalue weighted by Gasteiger charge is -2.26. The van der Waals surface area contributed by atoms with Crippen molar-refractivity contribution in [3.63, 3.8) is 0 Å². The average Bonchev–Trinajstić information content (AvgIpc) is 2.50. The van der Waals surface area contributed by atoms with Gasteiger partial charge in [-0.3, -0.25) is 4.79 Å². The van der Waals surface area contributed by atoms with Gasteiger partial charge in [0, 0.05) is 18.8 Å². The number of hydrogen-bond acceptors (Lipinski definition) is 4. The molecule has 1 aliphatic rings. The molecule has 0 aliphatic carbocycles. The summed E-state index contributed by atoms with van der Waals surface area (Å²) in [5.74, 6) is -1.41. The lowest BCUT2D eigenvalue weighted by Crippen LogP contribution is -2.33. The summed E-state index contributed by atoms with van der Waals surface area (Å²) in [6.45, 7) is 1.01. The van der Waals surface area contributed by atoms with Gasteiger partial charge in [-0.15, -0.1) is 0 Å². The number of benzene rings is 1. The number of carboxylic acids is 1. The molecule has 1 saturated heterocycles. The first-order valence-corrected chi connectivity index (χ1v) is 6.64. The van der Waals surface area contributed by atoms with Gasteiger partial charge >= 0.3 is 5.97 Å². The Kier molecular flexibility index (Phi) is 4.13. The summed E-state index contributed by atoms with van der Waals surface area (Å²) in [5.41, 5.74) is 5.13. The highest BCUT2D eigenvalue weighted by atomic mass is 19.1. The number of halogens is 1. The van der Waals surface area contributed by atoms with Crippen LogP contribution in [0.25, 0.3) is 0 Å². The van der Waals surface area contributed by atoms with Gasteiger partial charge in [-0.2, -0.15) is 0 Å². The van der Waals surface area contributed by atoms with Crippen LogP contribution in [0.3, 0.4) is 0 Å². The molecule has 6 heteroatoms. The molecule has 0 spiro atoms. The number of hydrogen-bond donors (Lipinski definition) is 3.